The highest BCUT2D eigenvalue weighted by molar-refractivity contribution is 6.20. The first-order valence-electron chi connectivity index (χ1n) is 14.2. The first kappa shape index (κ1) is 26.5. The van der Waals surface area contributed by atoms with Crippen LogP contribution in [0.25, 0.3) is 32.9 Å². The van der Waals surface area contributed by atoms with E-state index < -0.39 is 0 Å². The number of ether oxygens (including phenoxy) is 2. The average Bonchev–Trinajstić information content (AvgIpc) is 3.60. The highest BCUT2D eigenvalue weighted by atomic mass is 16.5. The highest BCUT2D eigenvalue weighted by Gasteiger charge is 2.35. The van der Waals surface area contributed by atoms with Crippen LogP contribution in [0.15, 0.2) is 42.5 Å². The summed E-state index contributed by atoms with van der Waals surface area (Å²) in [6.07, 6.45) is 2.04. The van der Waals surface area contributed by atoms with Crippen molar-refractivity contribution in [3.8, 4) is 11.1 Å². The van der Waals surface area contributed by atoms with Crippen LogP contribution < -0.4 is 5.32 Å². The SMILES string of the molecule is CC(C)OCc1ccc2c(c1)c1c3c(c4c(c1n2CCCOC(=O)CCN(C)C)Cc1ccccc1-4)C(=O)NC3. The van der Waals surface area contributed by atoms with E-state index in [0.717, 1.165) is 50.5 Å². The summed E-state index contributed by atoms with van der Waals surface area (Å²) in [5, 5.41) is 5.42. The number of aromatic nitrogens is 1. The molecule has 2 aliphatic rings. The highest BCUT2D eigenvalue weighted by Crippen LogP contribution is 2.48. The Morgan fingerprint density at radius 3 is 2.73 bits per heavy atom. The fraction of sp³-hybridized carbons (Fsp3) is 0.394. The molecule has 208 valence electrons. The van der Waals surface area contributed by atoms with E-state index in [4.69, 9.17) is 9.47 Å². The molecule has 2 heterocycles. The van der Waals surface area contributed by atoms with Crippen LogP contribution in [0.2, 0.25) is 0 Å². The predicted molar refractivity (Wildman–Crippen MR) is 158 cm³/mol. The molecular weight excluding hydrogens is 502 g/mol. The Kier molecular flexibility index (Phi) is 7.11. The molecule has 1 aliphatic carbocycles. The third-order valence-corrected chi connectivity index (χ3v) is 8.01. The summed E-state index contributed by atoms with van der Waals surface area (Å²) in [7, 11) is 3.90. The topological polar surface area (TPSA) is 72.8 Å². The molecule has 7 heteroatoms. The molecule has 0 bridgehead atoms. The number of hydrogen-bond acceptors (Lipinski definition) is 5. The third-order valence-electron chi connectivity index (χ3n) is 8.01. The fourth-order valence-corrected chi connectivity index (χ4v) is 6.21. The van der Waals surface area contributed by atoms with Crippen molar-refractivity contribution in [1.82, 2.24) is 14.8 Å². The number of carbonyl (C=O) groups excluding carboxylic acids is 2. The van der Waals surface area contributed by atoms with Crippen molar-refractivity contribution in [1.29, 1.82) is 0 Å². The second kappa shape index (κ2) is 10.7. The summed E-state index contributed by atoms with van der Waals surface area (Å²) in [6, 6.07) is 15.0. The zero-order chi connectivity index (χ0) is 28.0. The predicted octanol–water partition coefficient (Wildman–Crippen LogP) is 5.42. The van der Waals surface area contributed by atoms with Gasteiger partial charge in [-0.2, -0.15) is 0 Å². The number of esters is 1. The Morgan fingerprint density at radius 2 is 1.93 bits per heavy atom. The molecule has 0 unspecified atom stereocenters. The lowest BCUT2D eigenvalue weighted by Crippen LogP contribution is -2.18. The lowest BCUT2D eigenvalue weighted by atomic mass is 9.92. The maximum absolute atomic E-state index is 13.2. The second-order valence-corrected chi connectivity index (χ2v) is 11.4. The van der Waals surface area contributed by atoms with E-state index >= 15 is 0 Å². The monoisotopic (exact) mass is 539 g/mol. The number of benzene rings is 3. The minimum Gasteiger partial charge on any atom is -0.466 e. The van der Waals surface area contributed by atoms with Gasteiger partial charge in [0.05, 0.1) is 36.8 Å². The molecule has 0 saturated heterocycles. The quantitative estimate of drug-likeness (QED) is 0.190. The average molecular weight is 540 g/mol. The number of amides is 1. The molecule has 4 aromatic rings. The molecule has 6 rings (SSSR count). The number of fused-ring (bicyclic) bond motifs is 10. The number of nitrogens with zero attached hydrogens (tertiary/aromatic N) is 2. The molecule has 7 nitrogen and oxygen atoms in total. The molecule has 0 saturated carbocycles. The molecular formula is C33H37N3O4. The summed E-state index contributed by atoms with van der Waals surface area (Å²) in [5.41, 5.74) is 10.0. The first-order valence-corrected chi connectivity index (χ1v) is 14.2. The third kappa shape index (κ3) is 4.67. The normalized spacial score (nSPS) is 13.8. The molecule has 1 aliphatic heterocycles. The number of aryl methyl sites for hydroxylation is 1. The number of rotatable bonds is 10. The van der Waals surface area contributed by atoms with Gasteiger partial charge in [0.1, 0.15) is 0 Å². The van der Waals surface area contributed by atoms with Crippen molar-refractivity contribution in [3.63, 3.8) is 0 Å². The Hall–Kier alpha value is -3.68. The van der Waals surface area contributed by atoms with E-state index in [1.165, 1.54) is 16.6 Å². The number of hydrogen-bond donors (Lipinski definition) is 1. The molecule has 1 aromatic heterocycles. The zero-order valence-corrected chi connectivity index (χ0v) is 23.8. The smallest absolute Gasteiger partial charge is 0.307 e. The fourth-order valence-electron chi connectivity index (χ4n) is 6.21. The van der Waals surface area contributed by atoms with Crippen molar-refractivity contribution in [2.45, 2.75) is 58.9 Å². The van der Waals surface area contributed by atoms with E-state index in [9.17, 15) is 9.59 Å². The van der Waals surface area contributed by atoms with Crippen molar-refractivity contribution in [3.05, 3.63) is 70.3 Å². The van der Waals surface area contributed by atoms with Crippen molar-refractivity contribution in [2.75, 3.05) is 27.2 Å². The van der Waals surface area contributed by atoms with Gasteiger partial charge in [-0.1, -0.05) is 30.3 Å². The molecule has 1 N–H and O–H groups in total. The minimum atomic E-state index is -0.163. The van der Waals surface area contributed by atoms with Crippen LogP contribution in [-0.4, -0.2) is 54.7 Å². The van der Waals surface area contributed by atoms with Gasteiger partial charge in [-0.05, 0) is 74.3 Å². The first-order chi connectivity index (χ1) is 19.3. The second-order valence-electron chi connectivity index (χ2n) is 11.4. The number of nitrogens with one attached hydrogen (secondary N) is 1. The van der Waals surface area contributed by atoms with E-state index in [0.29, 0.717) is 45.7 Å². The van der Waals surface area contributed by atoms with Gasteiger partial charge < -0.3 is 24.3 Å². The lowest BCUT2D eigenvalue weighted by Gasteiger charge is -2.14. The summed E-state index contributed by atoms with van der Waals surface area (Å²) in [4.78, 5) is 27.4. The minimum absolute atomic E-state index is 0.00897. The Balaban J connectivity index is 1.46. The zero-order valence-electron chi connectivity index (χ0n) is 23.8. The molecule has 1 amide bonds. The van der Waals surface area contributed by atoms with Crippen LogP contribution in [0.3, 0.4) is 0 Å². The van der Waals surface area contributed by atoms with Crippen LogP contribution in [0.1, 0.15) is 59.3 Å². The van der Waals surface area contributed by atoms with E-state index in [1.54, 1.807) is 0 Å². The van der Waals surface area contributed by atoms with Crippen molar-refractivity contribution >= 4 is 33.7 Å². The Labute approximate surface area is 235 Å². The Morgan fingerprint density at radius 1 is 1.10 bits per heavy atom. The Bertz CT molecular complexity index is 1630. The van der Waals surface area contributed by atoms with Gasteiger partial charge in [0.25, 0.3) is 5.91 Å². The molecule has 3 aromatic carbocycles. The largest absolute Gasteiger partial charge is 0.466 e. The van der Waals surface area contributed by atoms with Gasteiger partial charge in [-0.25, -0.2) is 0 Å². The maximum Gasteiger partial charge on any atom is 0.307 e. The summed E-state index contributed by atoms with van der Waals surface area (Å²) in [6.45, 7) is 6.92. The molecule has 0 fully saturated rings. The molecule has 0 radical (unpaired) electrons. The van der Waals surface area contributed by atoms with Crippen molar-refractivity contribution in [2.24, 2.45) is 0 Å². The summed E-state index contributed by atoms with van der Waals surface area (Å²) >= 11 is 0. The van der Waals surface area contributed by atoms with Crippen LogP contribution in [-0.2, 0) is 40.4 Å². The van der Waals surface area contributed by atoms with Crippen LogP contribution >= 0.6 is 0 Å². The van der Waals surface area contributed by atoms with Gasteiger partial charge >= 0.3 is 5.97 Å². The standard InChI is InChI=1S/C33H37N3O4/c1-20(2)40-19-21-10-11-27-24(16-21)30-26-18-34-33(38)31(26)29-23-9-6-5-8-22(23)17-25(29)32(30)36(27)13-7-15-39-28(37)12-14-35(3)4/h5-6,8-11,16,20H,7,12-15,17-19H2,1-4H3,(H,34,38). The van der Waals surface area contributed by atoms with Crippen molar-refractivity contribution < 1.29 is 19.1 Å². The molecule has 0 spiro atoms. The van der Waals surface area contributed by atoms with Crippen LogP contribution in [0.4, 0.5) is 0 Å². The van der Waals surface area contributed by atoms with Crippen LogP contribution in [0, 0.1) is 0 Å². The number of carbonyl (C=O) groups is 2. The van der Waals surface area contributed by atoms with Gasteiger partial charge in [0.2, 0.25) is 0 Å². The molecule has 0 atom stereocenters. The van der Waals surface area contributed by atoms with E-state index in [-0.39, 0.29) is 18.0 Å². The summed E-state index contributed by atoms with van der Waals surface area (Å²) in [5.74, 6) is -0.154. The van der Waals surface area contributed by atoms with Gasteiger partial charge in [-0.15, -0.1) is 0 Å². The van der Waals surface area contributed by atoms with Gasteiger partial charge in [0, 0.05) is 47.9 Å². The van der Waals surface area contributed by atoms with E-state index in [1.807, 2.05) is 32.8 Å². The molecule has 40 heavy (non-hydrogen) atoms. The van der Waals surface area contributed by atoms with Crippen LogP contribution in [0.5, 0.6) is 0 Å². The lowest BCUT2D eigenvalue weighted by molar-refractivity contribution is -0.144. The van der Waals surface area contributed by atoms with E-state index in [2.05, 4.69) is 52.3 Å². The van der Waals surface area contributed by atoms with Gasteiger partial charge in [0.15, 0.2) is 0 Å². The summed E-state index contributed by atoms with van der Waals surface area (Å²) < 4.78 is 13.9. The van der Waals surface area contributed by atoms with Gasteiger partial charge in [-0.3, -0.25) is 9.59 Å². The maximum atomic E-state index is 13.2.